The summed E-state index contributed by atoms with van der Waals surface area (Å²) in [6.07, 6.45) is 3.15. The monoisotopic (exact) mass is 450 g/mol. The number of thioether (sulfide) groups is 1. The number of fused-ring (bicyclic) bond motifs is 1. The van der Waals surface area contributed by atoms with E-state index in [1.165, 1.54) is 15.4 Å². The molecule has 0 unspecified atom stereocenters. The first-order chi connectivity index (χ1) is 14.6. The van der Waals surface area contributed by atoms with Crippen LogP contribution >= 0.6 is 24.0 Å². The van der Waals surface area contributed by atoms with Crippen molar-refractivity contribution in [3.63, 3.8) is 0 Å². The van der Waals surface area contributed by atoms with Crippen molar-refractivity contribution in [2.24, 2.45) is 0 Å². The van der Waals surface area contributed by atoms with Crippen LogP contribution in [0.3, 0.4) is 0 Å². The summed E-state index contributed by atoms with van der Waals surface area (Å²) in [5.41, 5.74) is 0.431. The van der Waals surface area contributed by atoms with Gasteiger partial charge < -0.3 is 19.9 Å². The zero-order valence-electron chi connectivity index (χ0n) is 16.4. The van der Waals surface area contributed by atoms with Gasteiger partial charge in [0, 0.05) is 19.9 Å². The number of rotatable bonds is 10. The fourth-order valence-corrected chi connectivity index (χ4v) is 4.07. The van der Waals surface area contributed by atoms with E-state index in [0.717, 1.165) is 11.8 Å². The molecule has 0 saturated carbocycles. The number of anilines is 1. The molecule has 0 radical (unpaired) electrons. The van der Waals surface area contributed by atoms with E-state index in [2.05, 4.69) is 10.3 Å². The summed E-state index contributed by atoms with van der Waals surface area (Å²) in [5.74, 6) is 0.0813. The Morgan fingerprint density at radius 3 is 2.90 bits per heavy atom. The van der Waals surface area contributed by atoms with Gasteiger partial charge in [-0.15, -0.1) is 0 Å². The molecule has 2 N–H and O–H groups in total. The number of amides is 1. The van der Waals surface area contributed by atoms with Crippen molar-refractivity contribution in [2.75, 3.05) is 51.9 Å². The summed E-state index contributed by atoms with van der Waals surface area (Å²) in [7, 11) is 1.55. The third kappa shape index (κ3) is 5.05. The molecule has 1 amide bonds. The SMILES string of the molecule is COCCN1C(=O)C(=Cc2c(NCCOCCO)nc3ccccn3c2=O)SC1=S. The van der Waals surface area contributed by atoms with Crippen molar-refractivity contribution in [3.05, 3.63) is 45.2 Å². The molecule has 1 fully saturated rings. The highest BCUT2D eigenvalue weighted by atomic mass is 32.2. The standard InChI is InChI=1S/C19H22N4O5S2/c1-27-10-7-23-18(26)14(30-19(23)29)12-13-16(20-5-9-28-11-8-24)21-15-4-2-3-6-22(15)17(13)25/h2-4,6,12,20,24H,5,7-11H2,1H3. The van der Waals surface area contributed by atoms with E-state index >= 15 is 0 Å². The number of aromatic nitrogens is 2. The topological polar surface area (TPSA) is 105 Å². The van der Waals surface area contributed by atoms with E-state index < -0.39 is 0 Å². The second-order valence-electron chi connectivity index (χ2n) is 6.20. The van der Waals surface area contributed by atoms with E-state index in [-0.39, 0.29) is 30.2 Å². The molecule has 0 spiro atoms. The van der Waals surface area contributed by atoms with Gasteiger partial charge in [0.05, 0.1) is 43.4 Å². The molecule has 1 aliphatic heterocycles. The first-order valence-corrected chi connectivity index (χ1v) is 10.5. The molecular weight excluding hydrogens is 428 g/mol. The highest BCUT2D eigenvalue weighted by molar-refractivity contribution is 8.26. The van der Waals surface area contributed by atoms with Gasteiger partial charge in [-0.2, -0.15) is 0 Å². The van der Waals surface area contributed by atoms with E-state index in [0.29, 0.717) is 47.0 Å². The summed E-state index contributed by atoms with van der Waals surface area (Å²) in [6.45, 7) is 1.58. The van der Waals surface area contributed by atoms with Crippen LogP contribution in [0.5, 0.6) is 0 Å². The molecule has 3 heterocycles. The van der Waals surface area contributed by atoms with Crippen LogP contribution in [-0.2, 0) is 14.3 Å². The van der Waals surface area contributed by atoms with Gasteiger partial charge in [0.1, 0.15) is 15.8 Å². The molecule has 0 aliphatic carbocycles. The van der Waals surface area contributed by atoms with Crippen molar-refractivity contribution in [1.82, 2.24) is 14.3 Å². The Hall–Kier alpha value is -2.31. The van der Waals surface area contributed by atoms with Crippen LogP contribution in [0.15, 0.2) is 34.1 Å². The van der Waals surface area contributed by atoms with Crippen LogP contribution in [0.4, 0.5) is 5.82 Å². The third-order valence-corrected chi connectivity index (χ3v) is 5.59. The predicted octanol–water partition coefficient (Wildman–Crippen LogP) is 0.963. The van der Waals surface area contributed by atoms with Crippen molar-refractivity contribution in [1.29, 1.82) is 0 Å². The van der Waals surface area contributed by atoms with Gasteiger partial charge in [0.15, 0.2) is 0 Å². The van der Waals surface area contributed by atoms with Crippen molar-refractivity contribution in [3.8, 4) is 0 Å². The third-order valence-electron chi connectivity index (χ3n) is 4.21. The molecule has 11 heteroatoms. The summed E-state index contributed by atoms with van der Waals surface area (Å²) in [4.78, 5) is 32.2. The first kappa shape index (κ1) is 22.4. The minimum atomic E-state index is -0.304. The Kier molecular flexibility index (Phi) is 7.94. The first-order valence-electron chi connectivity index (χ1n) is 9.25. The molecule has 160 valence electrons. The van der Waals surface area contributed by atoms with Gasteiger partial charge in [0.2, 0.25) is 0 Å². The minimum Gasteiger partial charge on any atom is -0.394 e. The van der Waals surface area contributed by atoms with Gasteiger partial charge in [-0.3, -0.25) is 18.9 Å². The number of aliphatic hydroxyl groups is 1. The summed E-state index contributed by atoms with van der Waals surface area (Å²) in [6, 6.07) is 5.25. The smallest absolute Gasteiger partial charge is 0.267 e. The Labute approximate surface area is 182 Å². The highest BCUT2D eigenvalue weighted by Crippen LogP contribution is 2.32. The van der Waals surface area contributed by atoms with E-state index in [1.807, 2.05) is 0 Å². The maximum Gasteiger partial charge on any atom is 0.267 e. The number of aliphatic hydroxyl groups excluding tert-OH is 1. The summed E-state index contributed by atoms with van der Waals surface area (Å²) >= 11 is 6.44. The lowest BCUT2D eigenvalue weighted by molar-refractivity contribution is -0.122. The molecule has 9 nitrogen and oxygen atoms in total. The number of thiocarbonyl (C=S) groups is 1. The second-order valence-corrected chi connectivity index (χ2v) is 7.87. The number of methoxy groups -OCH3 is 1. The van der Waals surface area contributed by atoms with E-state index in [1.54, 1.807) is 31.5 Å². The highest BCUT2D eigenvalue weighted by Gasteiger charge is 2.32. The number of carbonyl (C=O) groups is 1. The van der Waals surface area contributed by atoms with Gasteiger partial charge in [-0.25, -0.2) is 4.98 Å². The lowest BCUT2D eigenvalue weighted by Gasteiger charge is -2.13. The zero-order chi connectivity index (χ0) is 21.5. The number of nitrogens with zero attached hydrogens (tertiary/aromatic N) is 3. The maximum atomic E-state index is 13.1. The number of carbonyl (C=O) groups excluding carboxylic acids is 1. The largest absolute Gasteiger partial charge is 0.394 e. The second kappa shape index (κ2) is 10.6. The zero-order valence-corrected chi connectivity index (χ0v) is 18.0. The van der Waals surface area contributed by atoms with Crippen LogP contribution in [-0.4, -0.2) is 76.2 Å². The van der Waals surface area contributed by atoms with Gasteiger partial charge in [-0.05, 0) is 18.2 Å². The average Bonchev–Trinajstić information content (AvgIpc) is 3.01. The summed E-state index contributed by atoms with van der Waals surface area (Å²) < 4.78 is 12.1. The normalized spacial score (nSPS) is 15.5. The van der Waals surface area contributed by atoms with Crippen LogP contribution < -0.4 is 10.9 Å². The molecule has 3 rings (SSSR count). The average molecular weight is 451 g/mol. The van der Waals surface area contributed by atoms with Gasteiger partial charge >= 0.3 is 0 Å². The van der Waals surface area contributed by atoms with Crippen molar-refractivity contribution in [2.45, 2.75) is 0 Å². The lowest BCUT2D eigenvalue weighted by atomic mass is 10.2. The number of hydrogen-bond donors (Lipinski definition) is 2. The molecule has 0 aromatic carbocycles. The summed E-state index contributed by atoms with van der Waals surface area (Å²) in [5, 5.41) is 11.9. The van der Waals surface area contributed by atoms with Crippen LogP contribution in [0.2, 0.25) is 0 Å². The molecule has 1 saturated heterocycles. The molecule has 0 atom stereocenters. The number of nitrogens with one attached hydrogen (secondary N) is 1. The van der Waals surface area contributed by atoms with Crippen LogP contribution in [0.1, 0.15) is 5.56 Å². The van der Waals surface area contributed by atoms with E-state index in [9.17, 15) is 9.59 Å². The number of pyridine rings is 1. The minimum absolute atomic E-state index is 0.0638. The maximum absolute atomic E-state index is 13.1. The Bertz CT molecular complexity index is 1020. The molecule has 2 aromatic heterocycles. The molecule has 1 aliphatic rings. The number of ether oxygens (including phenoxy) is 2. The molecule has 30 heavy (non-hydrogen) atoms. The van der Waals surface area contributed by atoms with Gasteiger partial charge in [-0.1, -0.05) is 30.0 Å². The van der Waals surface area contributed by atoms with Crippen LogP contribution in [0, 0.1) is 0 Å². The van der Waals surface area contributed by atoms with Gasteiger partial charge in [0.25, 0.3) is 11.5 Å². The fraction of sp³-hybridized carbons (Fsp3) is 0.368. The van der Waals surface area contributed by atoms with Crippen molar-refractivity contribution < 1.29 is 19.4 Å². The Morgan fingerprint density at radius 1 is 1.30 bits per heavy atom. The molecule has 0 bridgehead atoms. The lowest BCUT2D eigenvalue weighted by Crippen LogP contribution is -2.31. The Balaban J connectivity index is 1.95. The van der Waals surface area contributed by atoms with Crippen LogP contribution in [0.25, 0.3) is 11.7 Å². The molecule has 2 aromatic rings. The molecular formula is C19H22N4O5S2. The fourth-order valence-electron chi connectivity index (χ4n) is 2.78. The quantitative estimate of drug-likeness (QED) is 0.311. The van der Waals surface area contributed by atoms with Crippen molar-refractivity contribution >= 4 is 51.7 Å². The Morgan fingerprint density at radius 2 is 2.13 bits per heavy atom. The predicted molar refractivity (Wildman–Crippen MR) is 120 cm³/mol. The number of hydrogen-bond acceptors (Lipinski definition) is 9. The van der Waals surface area contributed by atoms with E-state index in [4.69, 9.17) is 26.8 Å².